The van der Waals surface area contributed by atoms with Gasteiger partial charge in [-0.05, 0) is 23.8 Å². The van der Waals surface area contributed by atoms with Crippen molar-refractivity contribution in [3.8, 4) is 0 Å². The van der Waals surface area contributed by atoms with Gasteiger partial charge in [-0.15, -0.1) is 0 Å². The summed E-state index contributed by atoms with van der Waals surface area (Å²) in [6.07, 6.45) is 3.38. The summed E-state index contributed by atoms with van der Waals surface area (Å²) in [5.41, 5.74) is 1.82. The van der Waals surface area contributed by atoms with Gasteiger partial charge in [-0.2, -0.15) is 0 Å². The quantitative estimate of drug-likeness (QED) is 0.713. The summed E-state index contributed by atoms with van der Waals surface area (Å²) < 4.78 is -1.01. The fourth-order valence-corrected chi connectivity index (χ4v) is 2.37. The molecule has 1 unspecified atom stereocenters. The molecule has 2 aromatic rings. The van der Waals surface area contributed by atoms with E-state index in [9.17, 15) is 0 Å². The first kappa shape index (κ1) is 13.7. The molecule has 0 aliphatic carbocycles. The van der Waals surface area contributed by atoms with E-state index in [2.05, 4.69) is 4.98 Å². The average Bonchev–Trinajstić information content (AvgIpc) is 2.40. The van der Waals surface area contributed by atoms with Crippen molar-refractivity contribution in [2.45, 2.75) is 17.2 Å². The van der Waals surface area contributed by atoms with Crippen LogP contribution in [0.15, 0.2) is 48.8 Å². The summed E-state index contributed by atoms with van der Waals surface area (Å²) in [5.74, 6) is -0.0673. The smallest absolute Gasteiger partial charge is 0.151 e. The Labute approximate surface area is 122 Å². The molecule has 0 aliphatic heterocycles. The SMILES string of the molecule is CC(c1ccc(Cl)cc1)C(Cl)(Cl)c1cccnc1. The molecule has 4 heteroatoms. The van der Waals surface area contributed by atoms with Crippen LogP contribution in [0.3, 0.4) is 0 Å². The minimum absolute atomic E-state index is 0.0673. The van der Waals surface area contributed by atoms with E-state index >= 15 is 0 Å². The maximum Gasteiger partial charge on any atom is 0.151 e. The summed E-state index contributed by atoms with van der Waals surface area (Å²) in [5, 5.41) is 0.696. The fraction of sp³-hybridized carbons (Fsp3) is 0.214. The summed E-state index contributed by atoms with van der Waals surface area (Å²) in [4.78, 5) is 4.05. The Morgan fingerprint density at radius 1 is 1.11 bits per heavy atom. The van der Waals surface area contributed by atoms with Crippen LogP contribution in [0.1, 0.15) is 24.0 Å². The largest absolute Gasteiger partial charge is 0.264 e. The molecule has 1 nitrogen and oxygen atoms in total. The Balaban J connectivity index is 2.32. The van der Waals surface area contributed by atoms with Gasteiger partial charge in [0.2, 0.25) is 0 Å². The number of hydrogen-bond donors (Lipinski definition) is 0. The van der Waals surface area contributed by atoms with Crippen molar-refractivity contribution in [1.82, 2.24) is 4.98 Å². The molecule has 1 aromatic heterocycles. The molecule has 1 atom stereocenters. The molecule has 0 saturated heterocycles. The predicted octanol–water partition coefficient (Wildman–Crippen LogP) is 5.17. The molecule has 0 radical (unpaired) electrons. The van der Waals surface area contributed by atoms with Gasteiger partial charge in [0.15, 0.2) is 4.33 Å². The number of nitrogens with zero attached hydrogens (tertiary/aromatic N) is 1. The molecule has 18 heavy (non-hydrogen) atoms. The van der Waals surface area contributed by atoms with E-state index in [1.54, 1.807) is 12.4 Å². The third-order valence-electron chi connectivity index (χ3n) is 2.96. The Bertz CT molecular complexity index is 508. The van der Waals surface area contributed by atoms with Crippen molar-refractivity contribution in [3.05, 3.63) is 64.9 Å². The first-order valence-corrected chi connectivity index (χ1v) is 6.69. The van der Waals surface area contributed by atoms with Gasteiger partial charge in [-0.1, -0.05) is 59.9 Å². The van der Waals surface area contributed by atoms with E-state index in [0.717, 1.165) is 11.1 Å². The van der Waals surface area contributed by atoms with Crippen LogP contribution in [0, 0.1) is 0 Å². The third-order valence-corrected chi connectivity index (χ3v) is 4.30. The number of benzene rings is 1. The highest BCUT2D eigenvalue weighted by Gasteiger charge is 2.34. The van der Waals surface area contributed by atoms with Crippen LogP contribution in [-0.2, 0) is 4.33 Å². The third kappa shape index (κ3) is 2.80. The number of aromatic nitrogens is 1. The van der Waals surface area contributed by atoms with Gasteiger partial charge in [-0.3, -0.25) is 4.98 Å². The van der Waals surface area contributed by atoms with E-state index in [-0.39, 0.29) is 5.92 Å². The van der Waals surface area contributed by atoms with Crippen molar-refractivity contribution in [3.63, 3.8) is 0 Å². The van der Waals surface area contributed by atoms with Crippen LogP contribution in [0.5, 0.6) is 0 Å². The highest BCUT2D eigenvalue weighted by atomic mass is 35.5. The van der Waals surface area contributed by atoms with Crippen molar-refractivity contribution < 1.29 is 0 Å². The average molecular weight is 301 g/mol. The van der Waals surface area contributed by atoms with Gasteiger partial charge in [0.05, 0.1) is 0 Å². The first-order chi connectivity index (χ1) is 8.51. The molecule has 0 amide bonds. The van der Waals surface area contributed by atoms with Crippen molar-refractivity contribution in [2.75, 3.05) is 0 Å². The summed E-state index contributed by atoms with van der Waals surface area (Å²) in [6, 6.07) is 11.2. The molecular weight excluding hydrogens is 289 g/mol. The second-order valence-electron chi connectivity index (χ2n) is 4.14. The maximum absolute atomic E-state index is 6.48. The standard InChI is InChI=1S/C14H12Cl3N/c1-10(11-4-6-13(15)7-5-11)14(16,17)12-3-2-8-18-9-12/h2-10H,1H3. The van der Waals surface area contributed by atoms with Gasteiger partial charge >= 0.3 is 0 Å². The molecule has 0 bridgehead atoms. The van der Waals surface area contributed by atoms with Gasteiger partial charge in [-0.25, -0.2) is 0 Å². The van der Waals surface area contributed by atoms with Crippen LogP contribution in [0.25, 0.3) is 0 Å². The highest BCUT2D eigenvalue weighted by molar-refractivity contribution is 6.48. The molecule has 2 rings (SSSR count). The summed E-state index contributed by atoms with van der Waals surface area (Å²) in [7, 11) is 0. The minimum Gasteiger partial charge on any atom is -0.264 e. The molecular formula is C14H12Cl3N. The van der Waals surface area contributed by atoms with E-state index in [1.165, 1.54) is 0 Å². The zero-order chi connectivity index (χ0) is 13.2. The Kier molecular flexibility index (Phi) is 4.16. The van der Waals surface area contributed by atoms with Crippen molar-refractivity contribution in [2.24, 2.45) is 0 Å². The van der Waals surface area contributed by atoms with E-state index < -0.39 is 4.33 Å². The summed E-state index contributed by atoms with van der Waals surface area (Å²) in [6.45, 7) is 1.98. The van der Waals surface area contributed by atoms with E-state index in [4.69, 9.17) is 34.8 Å². The molecule has 1 aromatic carbocycles. The molecule has 0 spiro atoms. The topological polar surface area (TPSA) is 12.9 Å². The second kappa shape index (κ2) is 5.48. The number of alkyl halides is 2. The second-order valence-corrected chi connectivity index (χ2v) is 5.96. The predicted molar refractivity (Wildman–Crippen MR) is 77.5 cm³/mol. The minimum atomic E-state index is -1.01. The zero-order valence-electron chi connectivity index (χ0n) is 9.78. The van der Waals surface area contributed by atoms with Gasteiger partial charge in [0.25, 0.3) is 0 Å². The van der Waals surface area contributed by atoms with Crippen molar-refractivity contribution >= 4 is 34.8 Å². The van der Waals surface area contributed by atoms with Crippen LogP contribution in [0.4, 0.5) is 0 Å². The molecule has 0 N–H and O–H groups in total. The molecule has 0 fully saturated rings. The number of halogens is 3. The molecule has 0 saturated carbocycles. The lowest BCUT2D eigenvalue weighted by atomic mass is 9.93. The highest BCUT2D eigenvalue weighted by Crippen LogP contribution is 2.46. The summed E-state index contributed by atoms with van der Waals surface area (Å²) >= 11 is 18.8. The van der Waals surface area contributed by atoms with Crippen molar-refractivity contribution in [1.29, 1.82) is 0 Å². The lowest BCUT2D eigenvalue weighted by Gasteiger charge is -2.27. The van der Waals surface area contributed by atoms with Crippen LogP contribution in [-0.4, -0.2) is 4.98 Å². The molecule has 94 valence electrons. The van der Waals surface area contributed by atoms with Crippen LogP contribution < -0.4 is 0 Å². The number of rotatable bonds is 3. The zero-order valence-corrected chi connectivity index (χ0v) is 12.0. The lowest BCUT2D eigenvalue weighted by Crippen LogP contribution is -2.19. The van der Waals surface area contributed by atoms with Gasteiger partial charge < -0.3 is 0 Å². The normalized spacial score (nSPS) is 13.3. The van der Waals surface area contributed by atoms with E-state index in [1.807, 2.05) is 43.3 Å². The lowest BCUT2D eigenvalue weighted by molar-refractivity contribution is 0.670. The molecule has 0 aliphatic rings. The van der Waals surface area contributed by atoms with Crippen LogP contribution in [0.2, 0.25) is 5.02 Å². The Morgan fingerprint density at radius 3 is 2.33 bits per heavy atom. The molecule has 1 heterocycles. The van der Waals surface area contributed by atoms with Crippen LogP contribution >= 0.6 is 34.8 Å². The number of hydrogen-bond acceptors (Lipinski definition) is 1. The Morgan fingerprint density at radius 2 is 1.78 bits per heavy atom. The number of pyridine rings is 1. The monoisotopic (exact) mass is 299 g/mol. The van der Waals surface area contributed by atoms with E-state index in [0.29, 0.717) is 5.02 Å². The Hall–Kier alpha value is -0.760. The fourth-order valence-electron chi connectivity index (χ4n) is 1.77. The maximum atomic E-state index is 6.48. The van der Waals surface area contributed by atoms with Gasteiger partial charge in [0, 0.05) is 28.9 Å². The van der Waals surface area contributed by atoms with Gasteiger partial charge in [0.1, 0.15) is 0 Å². The first-order valence-electron chi connectivity index (χ1n) is 5.55.